The molecule has 9 nitrogen and oxygen atoms in total. The molecule has 1 amide bonds. The number of anilines is 1. The van der Waals surface area contributed by atoms with E-state index in [0.29, 0.717) is 23.5 Å². The first kappa shape index (κ1) is 21.3. The number of hydrogen-bond donors (Lipinski definition) is 1. The lowest BCUT2D eigenvalue weighted by molar-refractivity contribution is -0.118. The van der Waals surface area contributed by atoms with Crippen molar-refractivity contribution in [1.29, 1.82) is 0 Å². The van der Waals surface area contributed by atoms with Crippen LogP contribution in [0, 0.1) is 0 Å². The molecule has 0 saturated carbocycles. The number of nitrogens with one attached hydrogen (secondary N) is 1. The zero-order valence-corrected chi connectivity index (χ0v) is 19.2. The Hall–Kier alpha value is -4.24. The number of aromatic nitrogens is 3. The Kier molecular flexibility index (Phi) is 5.18. The lowest BCUT2D eigenvalue weighted by atomic mass is 10.1. The first-order chi connectivity index (χ1) is 17.1. The van der Waals surface area contributed by atoms with E-state index in [1.54, 1.807) is 31.5 Å². The van der Waals surface area contributed by atoms with Gasteiger partial charge in [-0.1, -0.05) is 0 Å². The minimum atomic E-state index is -0.219. The van der Waals surface area contributed by atoms with Crippen LogP contribution >= 0.6 is 0 Å². The van der Waals surface area contributed by atoms with E-state index in [4.69, 9.17) is 14.6 Å². The number of hydrogen-bond acceptors (Lipinski definition) is 7. The number of fused-ring (bicyclic) bond motifs is 3. The lowest BCUT2D eigenvalue weighted by Gasteiger charge is -2.25. The number of pyridine rings is 1. The summed E-state index contributed by atoms with van der Waals surface area (Å²) in [5.41, 5.74) is 5.03. The standard InChI is InChI=1S/C26H23N5O4/c1-34-18-3-4-21-19(11-18)23(6-8-27-21)31-13-17-12-30(9-7-20(17)29-31)14-24(32)16-2-5-25-22(10-16)28-26(33)15-35-25/h2-6,8,10-11,13H,7,9,12,14-15H2,1H3,(H,28,33). The van der Waals surface area contributed by atoms with Crippen molar-refractivity contribution in [3.8, 4) is 17.2 Å². The van der Waals surface area contributed by atoms with Gasteiger partial charge in [0.1, 0.15) is 11.5 Å². The summed E-state index contributed by atoms with van der Waals surface area (Å²) in [5.74, 6) is 1.12. The lowest BCUT2D eigenvalue weighted by Crippen LogP contribution is -2.34. The number of ether oxygens (including phenoxy) is 2. The summed E-state index contributed by atoms with van der Waals surface area (Å²) in [6.45, 7) is 1.66. The van der Waals surface area contributed by atoms with Crippen LogP contribution in [-0.4, -0.2) is 58.2 Å². The second-order valence-electron chi connectivity index (χ2n) is 8.69. The van der Waals surface area contributed by atoms with Gasteiger partial charge in [-0.3, -0.25) is 19.5 Å². The van der Waals surface area contributed by atoms with Gasteiger partial charge in [-0.15, -0.1) is 0 Å². The Bertz CT molecular complexity index is 1480. The van der Waals surface area contributed by atoms with Gasteiger partial charge in [0.2, 0.25) is 0 Å². The van der Waals surface area contributed by atoms with Gasteiger partial charge >= 0.3 is 0 Å². The first-order valence-electron chi connectivity index (χ1n) is 11.4. The third kappa shape index (κ3) is 4.00. The normalized spacial score (nSPS) is 15.2. The molecule has 0 bridgehead atoms. The molecular formula is C26H23N5O4. The third-order valence-corrected chi connectivity index (χ3v) is 6.41. The molecule has 2 aliphatic rings. The summed E-state index contributed by atoms with van der Waals surface area (Å²) in [4.78, 5) is 31.2. The smallest absolute Gasteiger partial charge is 0.262 e. The molecular weight excluding hydrogens is 446 g/mol. The van der Waals surface area contributed by atoms with E-state index in [9.17, 15) is 9.59 Å². The van der Waals surface area contributed by atoms with Crippen LogP contribution in [0.15, 0.2) is 54.9 Å². The molecule has 2 aliphatic heterocycles. The predicted octanol–water partition coefficient (Wildman–Crippen LogP) is 3.00. The Morgan fingerprint density at radius 3 is 3.00 bits per heavy atom. The summed E-state index contributed by atoms with van der Waals surface area (Å²) in [6.07, 6.45) is 4.57. The highest BCUT2D eigenvalue weighted by atomic mass is 16.5. The van der Waals surface area contributed by atoms with Crippen molar-refractivity contribution in [2.45, 2.75) is 13.0 Å². The molecule has 0 aliphatic carbocycles. The molecule has 9 heteroatoms. The van der Waals surface area contributed by atoms with Gasteiger partial charge in [0, 0.05) is 48.4 Å². The Morgan fingerprint density at radius 2 is 2.11 bits per heavy atom. The van der Waals surface area contributed by atoms with Crippen LogP contribution in [0.5, 0.6) is 11.5 Å². The Labute approximate surface area is 201 Å². The summed E-state index contributed by atoms with van der Waals surface area (Å²) < 4.78 is 12.7. The molecule has 4 aromatic rings. The first-order valence-corrected chi connectivity index (χ1v) is 11.4. The molecule has 6 rings (SSSR count). The van der Waals surface area contributed by atoms with Crippen molar-refractivity contribution in [2.24, 2.45) is 0 Å². The molecule has 0 saturated heterocycles. The maximum Gasteiger partial charge on any atom is 0.262 e. The number of nitrogens with zero attached hydrogens (tertiary/aromatic N) is 4. The highest BCUT2D eigenvalue weighted by Crippen LogP contribution is 2.30. The summed E-state index contributed by atoms with van der Waals surface area (Å²) in [7, 11) is 1.65. The number of rotatable bonds is 5. The second-order valence-corrected chi connectivity index (χ2v) is 8.69. The molecule has 1 N–H and O–H groups in total. The molecule has 35 heavy (non-hydrogen) atoms. The highest BCUT2D eigenvalue weighted by molar-refractivity contribution is 6.01. The van der Waals surface area contributed by atoms with Crippen LogP contribution in [0.25, 0.3) is 16.6 Å². The van der Waals surface area contributed by atoms with E-state index in [1.165, 1.54) is 0 Å². The van der Waals surface area contributed by atoms with Crippen molar-refractivity contribution in [3.05, 3.63) is 71.7 Å². The molecule has 0 spiro atoms. The van der Waals surface area contributed by atoms with Gasteiger partial charge < -0.3 is 14.8 Å². The van der Waals surface area contributed by atoms with E-state index in [2.05, 4.69) is 15.2 Å². The molecule has 0 unspecified atom stereocenters. The number of Topliss-reactive ketones (excluding diaryl/α,β-unsaturated/α-hetero) is 1. The maximum absolute atomic E-state index is 13.0. The fraction of sp³-hybridized carbons (Fsp3) is 0.231. The number of carbonyl (C=O) groups is 2. The fourth-order valence-corrected chi connectivity index (χ4v) is 4.62. The van der Waals surface area contributed by atoms with Gasteiger partial charge in [-0.25, -0.2) is 4.68 Å². The average molecular weight is 470 g/mol. The number of benzene rings is 2. The van der Waals surface area contributed by atoms with Crippen LogP contribution in [-0.2, 0) is 17.8 Å². The highest BCUT2D eigenvalue weighted by Gasteiger charge is 2.24. The number of ketones is 1. The van der Waals surface area contributed by atoms with Gasteiger partial charge in [0.05, 0.1) is 36.2 Å². The summed E-state index contributed by atoms with van der Waals surface area (Å²) >= 11 is 0. The molecule has 0 fully saturated rings. The van der Waals surface area contributed by atoms with Gasteiger partial charge in [0.25, 0.3) is 5.91 Å². The van der Waals surface area contributed by atoms with E-state index < -0.39 is 0 Å². The van der Waals surface area contributed by atoms with E-state index >= 15 is 0 Å². The fourth-order valence-electron chi connectivity index (χ4n) is 4.62. The zero-order valence-electron chi connectivity index (χ0n) is 19.2. The van der Waals surface area contributed by atoms with Crippen LogP contribution < -0.4 is 14.8 Å². The number of amides is 1. The number of carbonyl (C=O) groups excluding carboxylic acids is 2. The van der Waals surface area contributed by atoms with Gasteiger partial charge in [0.15, 0.2) is 12.4 Å². The second kappa shape index (κ2) is 8.52. The quantitative estimate of drug-likeness (QED) is 0.449. The molecule has 4 heterocycles. The third-order valence-electron chi connectivity index (χ3n) is 6.41. The van der Waals surface area contributed by atoms with Crippen molar-refractivity contribution >= 4 is 28.3 Å². The zero-order chi connectivity index (χ0) is 23.9. The Balaban J connectivity index is 1.21. The van der Waals surface area contributed by atoms with E-state index in [0.717, 1.165) is 46.6 Å². The monoisotopic (exact) mass is 469 g/mol. The molecule has 0 atom stereocenters. The number of methoxy groups -OCH3 is 1. The summed E-state index contributed by atoms with van der Waals surface area (Å²) in [6, 6.07) is 12.9. The van der Waals surface area contributed by atoms with Crippen LogP contribution in [0.4, 0.5) is 5.69 Å². The van der Waals surface area contributed by atoms with Gasteiger partial charge in [-0.05, 0) is 42.5 Å². The SMILES string of the molecule is COc1ccc2nccc(-n3cc4c(n3)CCN(CC(=O)c3ccc5c(c3)NC(=O)CO5)C4)c2c1. The minimum Gasteiger partial charge on any atom is -0.497 e. The average Bonchev–Trinajstić information content (AvgIpc) is 3.30. The van der Waals surface area contributed by atoms with E-state index in [-0.39, 0.29) is 24.8 Å². The van der Waals surface area contributed by atoms with Crippen molar-refractivity contribution in [3.63, 3.8) is 0 Å². The van der Waals surface area contributed by atoms with Crippen molar-refractivity contribution in [1.82, 2.24) is 19.7 Å². The van der Waals surface area contributed by atoms with Gasteiger partial charge in [-0.2, -0.15) is 5.10 Å². The predicted molar refractivity (Wildman–Crippen MR) is 129 cm³/mol. The van der Waals surface area contributed by atoms with Crippen molar-refractivity contribution < 1.29 is 19.1 Å². The van der Waals surface area contributed by atoms with Crippen LogP contribution in [0.1, 0.15) is 21.6 Å². The minimum absolute atomic E-state index is 0.00399. The van der Waals surface area contributed by atoms with Crippen LogP contribution in [0.2, 0.25) is 0 Å². The maximum atomic E-state index is 13.0. The van der Waals surface area contributed by atoms with Crippen molar-refractivity contribution in [2.75, 3.05) is 32.1 Å². The molecule has 2 aromatic carbocycles. The summed E-state index contributed by atoms with van der Waals surface area (Å²) in [5, 5.41) is 8.55. The molecule has 2 aromatic heterocycles. The Morgan fingerprint density at radius 1 is 1.20 bits per heavy atom. The van der Waals surface area contributed by atoms with E-state index in [1.807, 2.05) is 35.1 Å². The molecule has 0 radical (unpaired) electrons. The molecule has 176 valence electrons. The topological polar surface area (TPSA) is 98.6 Å². The van der Waals surface area contributed by atoms with Crippen LogP contribution in [0.3, 0.4) is 0 Å². The largest absolute Gasteiger partial charge is 0.497 e.